The van der Waals surface area contributed by atoms with Gasteiger partial charge in [-0.3, -0.25) is 4.90 Å². The number of nitrogens with zero attached hydrogens (tertiary/aromatic N) is 3. The van der Waals surface area contributed by atoms with Crippen LogP contribution in [0.2, 0.25) is 0 Å². The van der Waals surface area contributed by atoms with Gasteiger partial charge in [-0.15, -0.1) is 0 Å². The van der Waals surface area contributed by atoms with E-state index in [0.717, 1.165) is 24.3 Å². The lowest BCUT2D eigenvalue weighted by Crippen LogP contribution is -2.41. The Kier molecular flexibility index (Phi) is 4.41. The van der Waals surface area contributed by atoms with Crippen LogP contribution in [0.5, 0.6) is 0 Å². The van der Waals surface area contributed by atoms with Gasteiger partial charge in [0.05, 0.1) is 0 Å². The summed E-state index contributed by atoms with van der Waals surface area (Å²) in [5.74, 6) is 1.19. The molecule has 0 radical (unpaired) electrons. The van der Waals surface area contributed by atoms with E-state index in [-0.39, 0.29) is 0 Å². The highest BCUT2D eigenvalue weighted by molar-refractivity contribution is 9.09. The summed E-state index contributed by atoms with van der Waals surface area (Å²) < 4.78 is 2.12. The summed E-state index contributed by atoms with van der Waals surface area (Å²) in [6.07, 6.45) is 9.04. The average molecular weight is 286 g/mol. The lowest BCUT2D eigenvalue weighted by Gasteiger charge is -2.34. The zero-order valence-electron chi connectivity index (χ0n) is 9.90. The standard InChI is InChI=1S/C12H20BrN3/c1-15-9-6-14-12(15)5-8-16-7-3-2-4-11(16)10-13/h6,9,11H,2-5,7-8,10H2,1H3. The summed E-state index contributed by atoms with van der Waals surface area (Å²) in [4.78, 5) is 6.98. The molecule has 1 aliphatic rings. The molecule has 1 aromatic rings. The molecule has 0 N–H and O–H groups in total. The fourth-order valence-corrected chi connectivity index (χ4v) is 3.14. The molecular formula is C12H20BrN3. The van der Waals surface area contributed by atoms with Gasteiger partial charge >= 0.3 is 0 Å². The minimum atomic E-state index is 0.731. The predicted molar refractivity (Wildman–Crippen MR) is 69.9 cm³/mol. The molecule has 1 unspecified atom stereocenters. The van der Waals surface area contributed by atoms with Gasteiger partial charge in [0.1, 0.15) is 5.82 Å². The molecule has 4 heteroatoms. The molecule has 16 heavy (non-hydrogen) atoms. The van der Waals surface area contributed by atoms with Crippen molar-refractivity contribution in [3.05, 3.63) is 18.2 Å². The summed E-state index contributed by atoms with van der Waals surface area (Å²) in [5.41, 5.74) is 0. The Morgan fingerprint density at radius 3 is 3.06 bits per heavy atom. The van der Waals surface area contributed by atoms with Crippen LogP contribution in [-0.4, -0.2) is 38.9 Å². The van der Waals surface area contributed by atoms with Gasteiger partial charge in [0.2, 0.25) is 0 Å². The quantitative estimate of drug-likeness (QED) is 0.791. The largest absolute Gasteiger partial charge is 0.338 e. The third-order valence-corrected chi connectivity index (χ3v) is 4.22. The maximum Gasteiger partial charge on any atom is 0.109 e. The van der Waals surface area contributed by atoms with E-state index in [9.17, 15) is 0 Å². The van der Waals surface area contributed by atoms with E-state index in [1.54, 1.807) is 0 Å². The Hall–Kier alpha value is -0.350. The zero-order chi connectivity index (χ0) is 11.4. The minimum Gasteiger partial charge on any atom is -0.338 e. The maximum atomic E-state index is 4.38. The van der Waals surface area contributed by atoms with Crippen molar-refractivity contribution >= 4 is 15.9 Å². The molecule has 2 rings (SSSR count). The van der Waals surface area contributed by atoms with Crippen LogP contribution in [0.25, 0.3) is 0 Å². The molecule has 3 nitrogen and oxygen atoms in total. The van der Waals surface area contributed by atoms with Crippen LogP contribution in [0.15, 0.2) is 12.4 Å². The number of likely N-dealkylation sites (tertiary alicyclic amines) is 1. The molecule has 1 aromatic heterocycles. The van der Waals surface area contributed by atoms with Gasteiger partial charge in [-0.05, 0) is 19.4 Å². The van der Waals surface area contributed by atoms with Gasteiger partial charge in [-0.1, -0.05) is 22.4 Å². The number of aromatic nitrogens is 2. The Balaban J connectivity index is 1.86. The van der Waals surface area contributed by atoms with E-state index in [1.807, 2.05) is 12.4 Å². The fraction of sp³-hybridized carbons (Fsp3) is 0.750. The van der Waals surface area contributed by atoms with Gasteiger partial charge in [0, 0.05) is 43.8 Å². The van der Waals surface area contributed by atoms with Crippen LogP contribution in [-0.2, 0) is 13.5 Å². The van der Waals surface area contributed by atoms with Crippen molar-refractivity contribution in [3.8, 4) is 0 Å². The number of aryl methyl sites for hydroxylation is 1. The van der Waals surface area contributed by atoms with E-state index >= 15 is 0 Å². The number of imidazole rings is 1. The summed E-state index contributed by atoms with van der Waals surface area (Å²) in [6.45, 7) is 2.39. The summed E-state index contributed by atoms with van der Waals surface area (Å²) >= 11 is 3.62. The lowest BCUT2D eigenvalue weighted by atomic mass is 10.0. The number of piperidine rings is 1. The molecule has 2 heterocycles. The molecule has 0 aromatic carbocycles. The second kappa shape index (κ2) is 5.82. The molecule has 0 saturated carbocycles. The average Bonchev–Trinajstić information content (AvgIpc) is 2.72. The first-order chi connectivity index (χ1) is 7.81. The maximum absolute atomic E-state index is 4.38. The second-order valence-electron chi connectivity index (χ2n) is 4.54. The van der Waals surface area contributed by atoms with Crippen molar-refractivity contribution in [2.75, 3.05) is 18.4 Å². The van der Waals surface area contributed by atoms with Crippen molar-refractivity contribution in [2.45, 2.75) is 31.7 Å². The van der Waals surface area contributed by atoms with Crippen LogP contribution in [0.3, 0.4) is 0 Å². The Morgan fingerprint density at radius 1 is 1.50 bits per heavy atom. The first-order valence-corrected chi connectivity index (χ1v) is 7.19. The number of hydrogen-bond acceptors (Lipinski definition) is 2. The van der Waals surface area contributed by atoms with Crippen LogP contribution in [0.4, 0.5) is 0 Å². The normalized spacial score (nSPS) is 22.5. The number of alkyl halides is 1. The molecular weight excluding hydrogens is 266 g/mol. The minimum absolute atomic E-state index is 0.731. The number of hydrogen-bond donors (Lipinski definition) is 0. The van der Waals surface area contributed by atoms with E-state index in [0.29, 0.717) is 0 Å². The molecule has 1 aliphatic heterocycles. The van der Waals surface area contributed by atoms with Gasteiger partial charge < -0.3 is 4.57 Å². The number of rotatable bonds is 4. The summed E-state index contributed by atoms with van der Waals surface area (Å²) in [6, 6.07) is 0.731. The van der Waals surface area contributed by atoms with E-state index in [4.69, 9.17) is 0 Å². The first kappa shape index (κ1) is 12.1. The monoisotopic (exact) mass is 285 g/mol. The van der Waals surface area contributed by atoms with Crippen molar-refractivity contribution in [2.24, 2.45) is 7.05 Å². The van der Waals surface area contributed by atoms with E-state index in [1.165, 1.54) is 31.6 Å². The smallest absolute Gasteiger partial charge is 0.109 e. The third-order valence-electron chi connectivity index (χ3n) is 3.47. The molecule has 0 amide bonds. The first-order valence-electron chi connectivity index (χ1n) is 6.07. The third kappa shape index (κ3) is 2.86. The van der Waals surface area contributed by atoms with Gasteiger partial charge in [-0.25, -0.2) is 4.98 Å². The molecule has 1 atom stereocenters. The molecule has 0 aliphatic carbocycles. The van der Waals surface area contributed by atoms with Gasteiger partial charge in [-0.2, -0.15) is 0 Å². The molecule has 0 bridgehead atoms. The zero-order valence-corrected chi connectivity index (χ0v) is 11.5. The SMILES string of the molecule is Cn1ccnc1CCN1CCCCC1CBr. The van der Waals surface area contributed by atoms with Crippen molar-refractivity contribution in [1.82, 2.24) is 14.5 Å². The van der Waals surface area contributed by atoms with E-state index < -0.39 is 0 Å². The fourth-order valence-electron chi connectivity index (χ4n) is 2.41. The molecule has 90 valence electrons. The second-order valence-corrected chi connectivity index (χ2v) is 5.19. The van der Waals surface area contributed by atoms with Gasteiger partial charge in [0.15, 0.2) is 0 Å². The highest BCUT2D eigenvalue weighted by Gasteiger charge is 2.20. The Morgan fingerprint density at radius 2 is 2.38 bits per heavy atom. The van der Waals surface area contributed by atoms with Crippen LogP contribution in [0, 0.1) is 0 Å². The van der Waals surface area contributed by atoms with Crippen molar-refractivity contribution in [3.63, 3.8) is 0 Å². The topological polar surface area (TPSA) is 21.1 Å². The van der Waals surface area contributed by atoms with E-state index in [2.05, 4.69) is 37.4 Å². The highest BCUT2D eigenvalue weighted by Crippen LogP contribution is 2.18. The van der Waals surface area contributed by atoms with Crippen LogP contribution in [0.1, 0.15) is 25.1 Å². The van der Waals surface area contributed by atoms with Gasteiger partial charge in [0.25, 0.3) is 0 Å². The van der Waals surface area contributed by atoms with Crippen LogP contribution < -0.4 is 0 Å². The molecule has 1 saturated heterocycles. The lowest BCUT2D eigenvalue weighted by molar-refractivity contribution is 0.165. The Labute approximate surface area is 106 Å². The molecule has 1 fully saturated rings. The Bertz CT molecular complexity index is 324. The highest BCUT2D eigenvalue weighted by atomic mass is 79.9. The van der Waals surface area contributed by atoms with Crippen molar-refractivity contribution in [1.29, 1.82) is 0 Å². The molecule has 0 spiro atoms. The van der Waals surface area contributed by atoms with Crippen molar-refractivity contribution < 1.29 is 0 Å². The number of halogens is 1. The summed E-state index contributed by atoms with van der Waals surface area (Å²) in [7, 11) is 2.07. The predicted octanol–water partition coefficient (Wildman–Crippen LogP) is 2.21. The summed E-state index contributed by atoms with van der Waals surface area (Å²) in [5, 5.41) is 1.10. The van der Waals surface area contributed by atoms with Crippen LogP contribution >= 0.6 is 15.9 Å².